The van der Waals surface area contributed by atoms with Crippen molar-refractivity contribution < 1.29 is 4.92 Å². The lowest BCUT2D eigenvalue weighted by molar-refractivity contribution is -0.400. The van der Waals surface area contributed by atoms with Gasteiger partial charge in [-0.25, -0.2) is 4.98 Å². The number of nitro groups is 1. The van der Waals surface area contributed by atoms with E-state index in [1.165, 1.54) is 17.4 Å². The SMILES string of the molecule is Cc1nc(N(C)C)sc1/C=C/[N+](=O)[O-]. The predicted molar refractivity (Wildman–Crippen MR) is 57.2 cm³/mol. The van der Waals surface area contributed by atoms with Crippen LogP contribution in [0.1, 0.15) is 10.6 Å². The van der Waals surface area contributed by atoms with Crippen molar-refractivity contribution in [2.24, 2.45) is 0 Å². The Balaban J connectivity index is 2.93. The van der Waals surface area contributed by atoms with Crippen LogP contribution in [-0.2, 0) is 0 Å². The minimum absolute atomic E-state index is 0.478. The molecule has 0 aromatic carbocycles. The molecule has 0 N–H and O–H groups in total. The number of hydrogen-bond acceptors (Lipinski definition) is 5. The normalized spacial score (nSPS) is 10.8. The molecule has 0 radical (unpaired) electrons. The van der Waals surface area contributed by atoms with Crippen molar-refractivity contribution in [3.05, 3.63) is 26.9 Å². The highest BCUT2D eigenvalue weighted by molar-refractivity contribution is 7.16. The van der Waals surface area contributed by atoms with Crippen LogP contribution >= 0.6 is 11.3 Å². The van der Waals surface area contributed by atoms with Crippen LogP contribution in [0.4, 0.5) is 5.13 Å². The van der Waals surface area contributed by atoms with E-state index in [-0.39, 0.29) is 0 Å². The van der Waals surface area contributed by atoms with Crippen molar-refractivity contribution in [2.45, 2.75) is 6.92 Å². The van der Waals surface area contributed by atoms with Crippen LogP contribution in [-0.4, -0.2) is 24.0 Å². The molecular formula is C8H11N3O2S. The van der Waals surface area contributed by atoms with Crippen LogP contribution in [0.2, 0.25) is 0 Å². The molecule has 0 saturated carbocycles. The van der Waals surface area contributed by atoms with Crippen molar-refractivity contribution in [3.63, 3.8) is 0 Å². The Morgan fingerprint density at radius 3 is 2.64 bits per heavy atom. The summed E-state index contributed by atoms with van der Waals surface area (Å²) in [6, 6.07) is 0. The monoisotopic (exact) mass is 213 g/mol. The number of aryl methyl sites for hydroxylation is 1. The molecule has 0 saturated heterocycles. The molecule has 5 nitrogen and oxygen atoms in total. The van der Waals surface area contributed by atoms with Crippen LogP contribution in [0.5, 0.6) is 0 Å². The van der Waals surface area contributed by atoms with Crippen LogP contribution < -0.4 is 4.90 Å². The lowest BCUT2D eigenvalue weighted by atomic mass is 10.4. The van der Waals surface area contributed by atoms with Gasteiger partial charge in [-0.05, 0) is 6.92 Å². The third-order valence-electron chi connectivity index (χ3n) is 1.55. The fourth-order valence-corrected chi connectivity index (χ4v) is 1.75. The first-order valence-electron chi connectivity index (χ1n) is 3.97. The van der Waals surface area contributed by atoms with E-state index >= 15 is 0 Å². The van der Waals surface area contributed by atoms with E-state index in [0.29, 0.717) is 0 Å². The topological polar surface area (TPSA) is 59.3 Å². The van der Waals surface area contributed by atoms with Gasteiger partial charge in [0.15, 0.2) is 5.13 Å². The Labute approximate surface area is 85.8 Å². The molecule has 0 aliphatic heterocycles. The zero-order valence-corrected chi connectivity index (χ0v) is 9.04. The molecule has 1 heterocycles. The molecule has 0 unspecified atom stereocenters. The van der Waals surface area contributed by atoms with Gasteiger partial charge in [0.25, 0.3) is 0 Å². The Morgan fingerprint density at radius 2 is 2.21 bits per heavy atom. The van der Waals surface area contributed by atoms with Crippen molar-refractivity contribution >= 4 is 22.5 Å². The maximum atomic E-state index is 10.1. The molecule has 14 heavy (non-hydrogen) atoms. The van der Waals surface area contributed by atoms with Gasteiger partial charge in [0, 0.05) is 20.2 Å². The molecular weight excluding hydrogens is 202 g/mol. The fourth-order valence-electron chi connectivity index (χ4n) is 0.868. The lowest BCUT2D eigenvalue weighted by Gasteiger charge is -2.04. The van der Waals surface area contributed by atoms with E-state index < -0.39 is 4.92 Å². The molecule has 76 valence electrons. The number of hydrogen-bond donors (Lipinski definition) is 0. The second-order valence-electron chi connectivity index (χ2n) is 2.94. The second kappa shape index (κ2) is 4.19. The van der Waals surface area contributed by atoms with E-state index in [4.69, 9.17) is 0 Å². The molecule has 1 rings (SSSR count). The van der Waals surface area contributed by atoms with Gasteiger partial charge in [-0.2, -0.15) is 0 Å². The molecule has 0 spiro atoms. The first-order chi connectivity index (χ1) is 6.50. The molecule has 0 aliphatic rings. The minimum Gasteiger partial charge on any atom is -0.354 e. The zero-order chi connectivity index (χ0) is 10.7. The fraction of sp³-hybridized carbons (Fsp3) is 0.375. The summed E-state index contributed by atoms with van der Waals surface area (Å²) in [5.74, 6) is 0. The van der Waals surface area contributed by atoms with Gasteiger partial charge in [0.1, 0.15) is 0 Å². The summed E-state index contributed by atoms with van der Waals surface area (Å²) < 4.78 is 0. The molecule has 1 aromatic rings. The average Bonchev–Trinajstić information content (AvgIpc) is 2.43. The van der Waals surface area contributed by atoms with Crippen LogP contribution in [0.25, 0.3) is 6.08 Å². The first-order valence-corrected chi connectivity index (χ1v) is 4.79. The smallest absolute Gasteiger partial charge is 0.235 e. The molecule has 1 aromatic heterocycles. The van der Waals surface area contributed by atoms with Crippen molar-refractivity contribution in [3.8, 4) is 0 Å². The Kier molecular flexibility index (Phi) is 3.19. The number of thiazole rings is 1. The largest absolute Gasteiger partial charge is 0.354 e. The Morgan fingerprint density at radius 1 is 1.57 bits per heavy atom. The van der Waals surface area contributed by atoms with Gasteiger partial charge in [-0.15, -0.1) is 0 Å². The van der Waals surface area contributed by atoms with Crippen molar-refractivity contribution in [2.75, 3.05) is 19.0 Å². The number of rotatable bonds is 3. The average molecular weight is 213 g/mol. The minimum atomic E-state index is -0.478. The molecule has 0 atom stereocenters. The third kappa shape index (κ3) is 2.53. The van der Waals surface area contributed by atoms with Crippen LogP contribution in [0.3, 0.4) is 0 Å². The van der Waals surface area contributed by atoms with Gasteiger partial charge >= 0.3 is 0 Å². The number of aromatic nitrogens is 1. The van der Waals surface area contributed by atoms with E-state index in [2.05, 4.69) is 4.98 Å². The van der Waals surface area contributed by atoms with Gasteiger partial charge in [0.05, 0.1) is 15.5 Å². The summed E-state index contributed by atoms with van der Waals surface area (Å²) in [6.45, 7) is 1.84. The summed E-state index contributed by atoms with van der Waals surface area (Å²) in [7, 11) is 3.78. The van der Waals surface area contributed by atoms with Gasteiger partial charge < -0.3 is 4.90 Å². The molecule has 0 bridgehead atoms. The summed E-state index contributed by atoms with van der Waals surface area (Å²) in [5.41, 5.74) is 0.816. The molecule has 6 heteroatoms. The van der Waals surface area contributed by atoms with Crippen molar-refractivity contribution in [1.29, 1.82) is 0 Å². The van der Waals surface area contributed by atoms with Gasteiger partial charge in [-0.3, -0.25) is 10.1 Å². The number of anilines is 1. The lowest BCUT2D eigenvalue weighted by Crippen LogP contribution is -2.07. The van der Waals surface area contributed by atoms with E-state index in [1.54, 1.807) is 0 Å². The van der Waals surface area contributed by atoms with E-state index in [1.807, 2.05) is 25.9 Å². The summed E-state index contributed by atoms with van der Waals surface area (Å²) >= 11 is 1.43. The van der Waals surface area contributed by atoms with Crippen LogP contribution in [0, 0.1) is 17.0 Å². The van der Waals surface area contributed by atoms with Crippen molar-refractivity contribution in [1.82, 2.24) is 4.98 Å². The Hall–Kier alpha value is -1.43. The highest BCUT2D eigenvalue weighted by atomic mass is 32.1. The van der Waals surface area contributed by atoms with E-state index in [0.717, 1.165) is 21.9 Å². The predicted octanol–water partition coefficient (Wildman–Crippen LogP) is 1.76. The summed E-state index contributed by atoms with van der Waals surface area (Å²) in [6.07, 6.45) is 2.40. The summed E-state index contributed by atoms with van der Waals surface area (Å²) in [4.78, 5) is 16.6. The first kappa shape index (κ1) is 10.6. The molecule has 0 fully saturated rings. The maximum Gasteiger partial charge on any atom is 0.235 e. The second-order valence-corrected chi connectivity index (χ2v) is 3.95. The molecule has 0 aliphatic carbocycles. The molecule has 0 amide bonds. The standard InChI is InChI=1S/C8H11N3O2S/c1-6-7(4-5-11(12)13)14-8(9-6)10(2)3/h4-5H,1-3H3/b5-4+. The van der Waals surface area contributed by atoms with Gasteiger partial charge in [0.2, 0.25) is 6.20 Å². The summed E-state index contributed by atoms with van der Waals surface area (Å²) in [5, 5.41) is 11.0. The highest BCUT2D eigenvalue weighted by Crippen LogP contribution is 2.25. The third-order valence-corrected chi connectivity index (χ3v) is 2.84. The highest BCUT2D eigenvalue weighted by Gasteiger charge is 2.06. The quantitative estimate of drug-likeness (QED) is 0.567. The Bertz CT molecular complexity index is 371. The number of nitrogens with zero attached hydrogens (tertiary/aromatic N) is 3. The van der Waals surface area contributed by atoms with E-state index in [9.17, 15) is 10.1 Å². The maximum absolute atomic E-state index is 10.1. The van der Waals surface area contributed by atoms with Gasteiger partial charge in [-0.1, -0.05) is 11.3 Å². The zero-order valence-electron chi connectivity index (χ0n) is 8.22. The van der Waals surface area contributed by atoms with Crippen LogP contribution in [0.15, 0.2) is 6.20 Å².